The number of nitrogen functional groups attached to an aromatic ring is 1. The standard InChI is InChI=1S/C13H11BrFIN2/c1-7-2-3-8(14)12(4-7)18-13-5-9(15)10(16)6-11(13)17/h2-6,18H,17H2,1H3. The summed E-state index contributed by atoms with van der Waals surface area (Å²) in [6.07, 6.45) is 0. The van der Waals surface area contributed by atoms with Gasteiger partial charge >= 0.3 is 0 Å². The minimum atomic E-state index is -0.281. The number of aryl methyl sites for hydroxylation is 1. The smallest absolute Gasteiger partial charge is 0.138 e. The van der Waals surface area contributed by atoms with Crippen LogP contribution in [0.4, 0.5) is 21.5 Å². The maximum Gasteiger partial charge on any atom is 0.138 e. The Balaban J connectivity index is 2.40. The van der Waals surface area contributed by atoms with Crippen LogP contribution in [0.2, 0.25) is 0 Å². The van der Waals surface area contributed by atoms with Crippen molar-refractivity contribution in [3.05, 3.63) is 49.8 Å². The molecule has 0 aliphatic rings. The van der Waals surface area contributed by atoms with Gasteiger partial charge in [0.25, 0.3) is 0 Å². The predicted octanol–water partition coefficient (Wildman–Crippen LogP) is 4.83. The van der Waals surface area contributed by atoms with Crippen LogP contribution in [-0.4, -0.2) is 0 Å². The minimum Gasteiger partial charge on any atom is -0.397 e. The lowest BCUT2D eigenvalue weighted by atomic mass is 10.2. The molecule has 2 nitrogen and oxygen atoms in total. The Hall–Kier alpha value is -0.820. The number of hydrogen-bond donors (Lipinski definition) is 2. The maximum absolute atomic E-state index is 13.5. The highest BCUT2D eigenvalue weighted by atomic mass is 127. The Morgan fingerprint density at radius 2 is 1.94 bits per heavy atom. The van der Waals surface area contributed by atoms with E-state index in [0.717, 1.165) is 15.7 Å². The van der Waals surface area contributed by atoms with E-state index in [1.54, 1.807) is 6.07 Å². The van der Waals surface area contributed by atoms with Gasteiger partial charge in [-0.25, -0.2) is 4.39 Å². The molecule has 0 unspecified atom stereocenters. The molecule has 0 aromatic heterocycles. The van der Waals surface area contributed by atoms with E-state index in [1.807, 2.05) is 47.7 Å². The summed E-state index contributed by atoms with van der Waals surface area (Å²) in [7, 11) is 0. The fourth-order valence-corrected chi connectivity index (χ4v) is 2.39. The molecule has 0 heterocycles. The number of nitrogens with one attached hydrogen (secondary N) is 1. The van der Waals surface area contributed by atoms with Crippen LogP contribution in [0.25, 0.3) is 0 Å². The third-order valence-corrected chi connectivity index (χ3v) is 4.00. The van der Waals surface area contributed by atoms with Gasteiger partial charge in [0, 0.05) is 10.5 Å². The van der Waals surface area contributed by atoms with Crippen LogP contribution in [-0.2, 0) is 0 Å². The first-order chi connectivity index (χ1) is 8.47. The molecular formula is C13H11BrFIN2. The van der Waals surface area contributed by atoms with E-state index in [4.69, 9.17) is 5.73 Å². The summed E-state index contributed by atoms with van der Waals surface area (Å²) in [5.74, 6) is -0.281. The van der Waals surface area contributed by atoms with E-state index in [0.29, 0.717) is 14.9 Å². The Morgan fingerprint density at radius 3 is 2.67 bits per heavy atom. The average molecular weight is 421 g/mol. The van der Waals surface area contributed by atoms with Crippen molar-refractivity contribution < 1.29 is 4.39 Å². The molecule has 94 valence electrons. The minimum absolute atomic E-state index is 0.281. The lowest BCUT2D eigenvalue weighted by molar-refractivity contribution is 0.621. The van der Waals surface area contributed by atoms with Gasteiger partial charge in [-0.2, -0.15) is 0 Å². The first-order valence-corrected chi connectivity index (χ1v) is 7.12. The molecule has 2 rings (SSSR count). The summed E-state index contributed by atoms with van der Waals surface area (Å²) < 4.78 is 14.9. The monoisotopic (exact) mass is 420 g/mol. The molecule has 0 atom stereocenters. The summed E-state index contributed by atoms with van der Waals surface area (Å²) in [6.45, 7) is 2.00. The van der Waals surface area contributed by atoms with Gasteiger partial charge < -0.3 is 11.1 Å². The summed E-state index contributed by atoms with van der Waals surface area (Å²) in [4.78, 5) is 0. The topological polar surface area (TPSA) is 38.0 Å². The Morgan fingerprint density at radius 1 is 1.22 bits per heavy atom. The third-order valence-electron chi connectivity index (χ3n) is 2.48. The Bertz CT molecular complexity index is 602. The van der Waals surface area contributed by atoms with Gasteiger partial charge in [-0.3, -0.25) is 0 Å². The zero-order chi connectivity index (χ0) is 13.3. The predicted molar refractivity (Wildman–Crippen MR) is 85.7 cm³/mol. The fourth-order valence-electron chi connectivity index (χ4n) is 1.55. The van der Waals surface area contributed by atoms with Crippen molar-refractivity contribution in [1.82, 2.24) is 0 Å². The SMILES string of the molecule is Cc1ccc(Br)c(Nc2cc(F)c(I)cc2N)c1. The van der Waals surface area contributed by atoms with Crippen molar-refractivity contribution in [2.45, 2.75) is 6.92 Å². The number of anilines is 3. The number of rotatable bonds is 2. The molecular weight excluding hydrogens is 410 g/mol. The lowest BCUT2D eigenvalue weighted by Crippen LogP contribution is -1.99. The molecule has 0 fully saturated rings. The molecule has 2 aromatic rings. The zero-order valence-electron chi connectivity index (χ0n) is 9.60. The van der Waals surface area contributed by atoms with Crippen molar-refractivity contribution >= 4 is 55.6 Å². The van der Waals surface area contributed by atoms with Crippen LogP contribution in [0, 0.1) is 16.3 Å². The van der Waals surface area contributed by atoms with Crippen LogP contribution < -0.4 is 11.1 Å². The molecule has 0 bridgehead atoms. The van der Waals surface area contributed by atoms with Crippen molar-refractivity contribution in [3.63, 3.8) is 0 Å². The summed E-state index contributed by atoms with van der Waals surface area (Å²) in [5, 5.41) is 3.13. The van der Waals surface area contributed by atoms with Gasteiger partial charge in [0.15, 0.2) is 0 Å². The largest absolute Gasteiger partial charge is 0.397 e. The van der Waals surface area contributed by atoms with Crippen molar-refractivity contribution in [2.24, 2.45) is 0 Å². The van der Waals surface area contributed by atoms with E-state index < -0.39 is 0 Å². The zero-order valence-corrected chi connectivity index (χ0v) is 13.3. The second kappa shape index (κ2) is 5.44. The number of halogens is 3. The molecule has 0 saturated heterocycles. The van der Waals surface area contributed by atoms with Gasteiger partial charge in [0.1, 0.15) is 5.82 Å². The molecule has 0 aliphatic carbocycles. The van der Waals surface area contributed by atoms with Crippen LogP contribution in [0.1, 0.15) is 5.56 Å². The normalized spacial score (nSPS) is 10.4. The van der Waals surface area contributed by atoms with Crippen molar-refractivity contribution in [1.29, 1.82) is 0 Å². The number of nitrogens with two attached hydrogens (primary N) is 1. The Kier molecular flexibility index (Phi) is 4.11. The quantitative estimate of drug-likeness (QED) is 0.539. The molecule has 2 aromatic carbocycles. The molecule has 0 saturated carbocycles. The highest BCUT2D eigenvalue weighted by molar-refractivity contribution is 14.1. The second-order valence-corrected chi connectivity index (χ2v) is 5.98. The molecule has 0 spiro atoms. The van der Waals surface area contributed by atoms with Crippen LogP contribution in [0.3, 0.4) is 0 Å². The molecule has 0 amide bonds. The van der Waals surface area contributed by atoms with Crippen molar-refractivity contribution in [2.75, 3.05) is 11.1 Å². The lowest BCUT2D eigenvalue weighted by Gasteiger charge is -2.12. The molecule has 18 heavy (non-hydrogen) atoms. The van der Waals surface area contributed by atoms with Gasteiger partial charge in [-0.15, -0.1) is 0 Å². The van der Waals surface area contributed by atoms with E-state index in [-0.39, 0.29) is 5.82 Å². The molecule has 0 radical (unpaired) electrons. The van der Waals surface area contributed by atoms with E-state index in [1.165, 1.54) is 6.07 Å². The first-order valence-electron chi connectivity index (χ1n) is 5.25. The van der Waals surface area contributed by atoms with Crippen molar-refractivity contribution in [3.8, 4) is 0 Å². The van der Waals surface area contributed by atoms with E-state index >= 15 is 0 Å². The molecule has 5 heteroatoms. The average Bonchev–Trinajstić information content (AvgIpc) is 2.30. The number of hydrogen-bond acceptors (Lipinski definition) is 2. The van der Waals surface area contributed by atoms with E-state index in [2.05, 4.69) is 21.2 Å². The van der Waals surface area contributed by atoms with Gasteiger partial charge in [0.2, 0.25) is 0 Å². The summed E-state index contributed by atoms with van der Waals surface area (Å²) in [6, 6.07) is 8.93. The van der Waals surface area contributed by atoms with Gasteiger partial charge in [-0.1, -0.05) is 6.07 Å². The summed E-state index contributed by atoms with van der Waals surface area (Å²) >= 11 is 5.36. The van der Waals surface area contributed by atoms with E-state index in [9.17, 15) is 4.39 Å². The highest BCUT2D eigenvalue weighted by Crippen LogP contribution is 2.31. The Labute approximate surface area is 127 Å². The first kappa shape index (κ1) is 13.6. The number of benzene rings is 2. The summed E-state index contributed by atoms with van der Waals surface area (Å²) in [5.41, 5.74) is 8.95. The fraction of sp³-hybridized carbons (Fsp3) is 0.0769. The van der Waals surface area contributed by atoms with Crippen LogP contribution >= 0.6 is 38.5 Å². The van der Waals surface area contributed by atoms with Gasteiger partial charge in [-0.05, 0) is 69.2 Å². The maximum atomic E-state index is 13.5. The van der Waals surface area contributed by atoms with Crippen LogP contribution in [0.15, 0.2) is 34.8 Å². The second-order valence-electron chi connectivity index (χ2n) is 3.96. The highest BCUT2D eigenvalue weighted by Gasteiger charge is 2.08. The molecule has 0 aliphatic heterocycles. The van der Waals surface area contributed by atoms with Crippen LogP contribution in [0.5, 0.6) is 0 Å². The molecule has 3 N–H and O–H groups in total. The third kappa shape index (κ3) is 2.95. The van der Waals surface area contributed by atoms with Gasteiger partial charge in [0.05, 0.1) is 20.6 Å².